The fourth-order valence-electron chi connectivity index (χ4n) is 3.77. The summed E-state index contributed by atoms with van der Waals surface area (Å²) < 4.78 is 13.1. The fraction of sp³-hybridized carbons (Fsp3) is 0.296. The summed E-state index contributed by atoms with van der Waals surface area (Å²) in [6.45, 7) is 10.3. The first-order valence-corrected chi connectivity index (χ1v) is 12.6. The van der Waals surface area contributed by atoms with Crippen molar-refractivity contribution in [3.8, 4) is 5.75 Å². The van der Waals surface area contributed by atoms with Gasteiger partial charge in [-0.25, -0.2) is 9.48 Å². The van der Waals surface area contributed by atoms with Gasteiger partial charge in [-0.3, -0.25) is 0 Å². The molecule has 1 aliphatic rings. The zero-order valence-corrected chi connectivity index (χ0v) is 21.1. The molecule has 0 saturated carbocycles. The fourth-order valence-corrected chi connectivity index (χ4v) is 4.45. The Morgan fingerprint density at radius 2 is 1.91 bits per heavy atom. The van der Waals surface area contributed by atoms with Gasteiger partial charge in [0.05, 0.1) is 5.57 Å². The van der Waals surface area contributed by atoms with Crippen molar-refractivity contribution in [3.05, 3.63) is 89.1 Å². The number of allylic oxidation sites excluding steroid dienone is 1. The standard InChI is InChI=1S/C27H30N4O3S/c1-5-15-33-25(32)23-19(4)28-26-29-27(35-16-6-2)30-31(26)24(23)21-11-13-22(14-12-21)34-17-20-9-7-18(3)8-10-20/h5,7-14,24H,1,6,15-17H2,2-4H3,(H,28,29,30). The van der Waals surface area contributed by atoms with Crippen LogP contribution in [-0.4, -0.2) is 33.1 Å². The van der Waals surface area contributed by atoms with Crippen LogP contribution in [0.25, 0.3) is 0 Å². The summed E-state index contributed by atoms with van der Waals surface area (Å²) in [5.41, 5.74) is 4.39. The number of hydrogen-bond donors (Lipinski definition) is 1. The van der Waals surface area contributed by atoms with Crippen molar-refractivity contribution in [3.63, 3.8) is 0 Å². The monoisotopic (exact) mass is 490 g/mol. The highest BCUT2D eigenvalue weighted by molar-refractivity contribution is 7.99. The number of carbonyl (C=O) groups excluding carboxylic acids is 1. The second-order valence-electron chi connectivity index (χ2n) is 8.31. The lowest BCUT2D eigenvalue weighted by Crippen LogP contribution is -2.29. The van der Waals surface area contributed by atoms with Crippen molar-refractivity contribution in [2.24, 2.45) is 0 Å². The minimum absolute atomic E-state index is 0.135. The van der Waals surface area contributed by atoms with Gasteiger partial charge in [-0.1, -0.05) is 73.3 Å². The molecule has 1 aliphatic heterocycles. The number of ether oxygens (including phenoxy) is 2. The summed E-state index contributed by atoms with van der Waals surface area (Å²) >= 11 is 1.59. The van der Waals surface area contributed by atoms with Gasteiger partial charge in [0.25, 0.3) is 0 Å². The number of nitrogens with one attached hydrogen (secondary N) is 1. The topological polar surface area (TPSA) is 78.3 Å². The summed E-state index contributed by atoms with van der Waals surface area (Å²) in [7, 11) is 0. The smallest absolute Gasteiger partial charge is 0.338 e. The molecule has 0 spiro atoms. The van der Waals surface area contributed by atoms with Crippen LogP contribution in [0.15, 0.2) is 77.6 Å². The van der Waals surface area contributed by atoms with E-state index in [9.17, 15) is 4.79 Å². The molecule has 3 aromatic rings. The number of nitrogens with zero attached hydrogens (tertiary/aromatic N) is 3. The van der Waals surface area contributed by atoms with Crippen molar-refractivity contribution in [2.45, 2.75) is 45.0 Å². The molecular weight excluding hydrogens is 460 g/mol. The number of aromatic nitrogens is 3. The van der Waals surface area contributed by atoms with Gasteiger partial charge >= 0.3 is 5.97 Å². The second-order valence-corrected chi connectivity index (χ2v) is 9.37. The summed E-state index contributed by atoms with van der Waals surface area (Å²) in [5, 5.41) is 8.61. The predicted octanol–water partition coefficient (Wildman–Crippen LogP) is 5.69. The van der Waals surface area contributed by atoms with Gasteiger partial charge in [0.2, 0.25) is 11.1 Å². The zero-order valence-electron chi connectivity index (χ0n) is 20.3. The predicted molar refractivity (Wildman–Crippen MR) is 139 cm³/mol. The van der Waals surface area contributed by atoms with Crippen LogP contribution < -0.4 is 10.1 Å². The number of rotatable bonds is 10. The minimum atomic E-state index is -0.474. The van der Waals surface area contributed by atoms with E-state index in [2.05, 4.69) is 55.0 Å². The highest BCUT2D eigenvalue weighted by Gasteiger charge is 2.35. The number of hydrogen-bond acceptors (Lipinski definition) is 7. The zero-order chi connectivity index (χ0) is 24.8. The lowest BCUT2D eigenvalue weighted by Gasteiger charge is -2.28. The maximum Gasteiger partial charge on any atom is 0.338 e. The summed E-state index contributed by atoms with van der Waals surface area (Å²) in [6, 6.07) is 15.5. The van der Waals surface area contributed by atoms with Crippen LogP contribution >= 0.6 is 11.8 Å². The first-order valence-electron chi connectivity index (χ1n) is 11.6. The molecule has 4 rings (SSSR count). The van der Waals surface area contributed by atoms with Crippen molar-refractivity contribution in [2.75, 3.05) is 17.7 Å². The summed E-state index contributed by atoms with van der Waals surface area (Å²) in [6.07, 6.45) is 2.57. The molecule has 35 heavy (non-hydrogen) atoms. The van der Waals surface area contributed by atoms with Gasteiger partial charge in [-0.15, -0.1) is 5.10 Å². The first kappa shape index (κ1) is 24.6. The molecular formula is C27H30N4O3S. The number of benzene rings is 2. The average molecular weight is 491 g/mol. The molecule has 1 atom stereocenters. The highest BCUT2D eigenvalue weighted by Crippen LogP contribution is 2.37. The third-order valence-corrected chi connectivity index (χ3v) is 6.59. The summed E-state index contributed by atoms with van der Waals surface area (Å²) in [4.78, 5) is 17.7. The largest absolute Gasteiger partial charge is 0.489 e. The molecule has 7 nitrogen and oxygen atoms in total. The van der Waals surface area contributed by atoms with Crippen molar-refractivity contribution >= 4 is 23.7 Å². The Kier molecular flexibility index (Phi) is 7.92. The van der Waals surface area contributed by atoms with Gasteiger partial charge in [-0.2, -0.15) is 4.98 Å². The second kappa shape index (κ2) is 11.3. The maximum atomic E-state index is 13.0. The van der Waals surface area contributed by atoms with E-state index >= 15 is 0 Å². The van der Waals surface area contributed by atoms with E-state index in [-0.39, 0.29) is 6.61 Å². The minimum Gasteiger partial charge on any atom is -0.489 e. The van der Waals surface area contributed by atoms with Gasteiger partial charge in [0.15, 0.2) is 0 Å². The molecule has 2 aromatic carbocycles. The molecule has 1 unspecified atom stereocenters. The lowest BCUT2D eigenvalue weighted by molar-refractivity contribution is -0.138. The molecule has 0 bridgehead atoms. The Labute approximate surface area is 210 Å². The number of thioether (sulfide) groups is 1. The van der Waals surface area contributed by atoms with Gasteiger partial charge in [0.1, 0.15) is 25.0 Å². The Morgan fingerprint density at radius 3 is 2.60 bits per heavy atom. The quantitative estimate of drug-likeness (QED) is 0.222. The van der Waals surface area contributed by atoms with Gasteiger partial charge in [0, 0.05) is 11.4 Å². The van der Waals surface area contributed by atoms with E-state index in [4.69, 9.17) is 14.6 Å². The van der Waals surface area contributed by atoms with Crippen molar-refractivity contribution in [1.82, 2.24) is 14.8 Å². The van der Waals surface area contributed by atoms with E-state index in [1.165, 1.54) is 5.56 Å². The average Bonchev–Trinajstić information content (AvgIpc) is 3.27. The van der Waals surface area contributed by atoms with Crippen molar-refractivity contribution < 1.29 is 14.3 Å². The molecule has 8 heteroatoms. The normalized spacial score (nSPS) is 14.8. The number of fused-ring (bicyclic) bond motifs is 1. The van der Waals surface area contributed by atoms with Crippen LogP contribution in [0.2, 0.25) is 0 Å². The summed E-state index contributed by atoms with van der Waals surface area (Å²) in [5.74, 6) is 1.86. The Balaban J connectivity index is 1.62. The number of aryl methyl sites for hydroxylation is 1. The van der Waals surface area contributed by atoms with Gasteiger partial charge in [-0.05, 0) is 43.5 Å². The van der Waals surface area contributed by atoms with Crippen LogP contribution in [0.5, 0.6) is 5.75 Å². The van der Waals surface area contributed by atoms with Crippen LogP contribution in [0, 0.1) is 6.92 Å². The molecule has 0 amide bonds. The highest BCUT2D eigenvalue weighted by atomic mass is 32.2. The van der Waals surface area contributed by atoms with Crippen LogP contribution in [0.4, 0.5) is 5.95 Å². The number of esters is 1. The number of anilines is 1. The molecule has 1 N–H and O–H groups in total. The molecule has 0 aliphatic carbocycles. The molecule has 0 saturated heterocycles. The molecule has 0 radical (unpaired) electrons. The van der Waals surface area contributed by atoms with Gasteiger partial charge < -0.3 is 14.8 Å². The molecule has 2 heterocycles. The Bertz CT molecular complexity index is 1220. The Morgan fingerprint density at radius 1 is 1.17 bits per heavy atom. The third kappa shape index (κ3) is 5.77. The third-order valence-electron chi connectivity index (χ3n) is 5.54. The van der Waals surface area contributed by atoms with Crippen LogP contribution in [0.1, 0.15) is 43.0 Å². The first-order chi connectivity index (χ1) is 17.0. The van der Waals surface area contributed by atoms with E-state index in [1.54, 1.807) is 22.5 Å². The van der Waals surface area contributed by atoms with E-state index < -0.39 is 12.0 Å². The molecule has 182 valence electrons. The SMILES string of the molecule is C=CCOC(=O)C1=C(C)Nc2nc(SCCC)nn2C1c1ccc(OCc2ccc(C)cc2)cc1. The maximum absolute atomic E-state index is 13.0. The molecule has 1 aromatic heterocycles. The van der Waals surface area contributed by atoms with E-state index in [1.807, 2.05) is 31.2 Å². The number of carbonyl (C=O) groups is 1. The Hall–Kier alpha value is -3.52. The lowest BCUT2D eigenvalue weighted by atomic mass is 9.96. The van der Waals surface area contributed by atoms with Crippen molar-refractivity contribution in [1.29, 1.82) is 0 Å². The van der Waals surface area contributed by atoms with Crippen LogP contribution in [-0.2, 0) is 16.1 Å². The van der Waals surface area contributed by atoms with Crippen LogP contribution in [0.3, 0.4) is 0 Å². The van der Waals surface area contributed by atoms with E-state index in [0.717, 1.165) is 29.1 Å². The van der Waals surface area contributed by atoms with E-state index in [0.29, 0.717) is 29.0 Å². The molecule has 0 fully saturated rings.